The molecule has 0 atom stereocenters. The van der Waals surface area contributed by atoms with E-state index in [1.807, 2.05) is 0 Å². The molecule has 0 unspecified atom stereocenters. The molecule has 0 saturated heterocycles. The third kappa shape index (κ3) is 10.9. The molecule has 0 aliphatic rings. The zero-order valence-corrected chi connectivity index (χ0v) is 7.75. The average molecular weight is 186 g/mol. The minimum atomic E-state index is -0.482. The second kappa shape index (κ2) is 9.03. The highest BCUT2D eigenvalue weighted by Crippen LogP contribution is 2.04. The van der Waals surface area contributed by atoms with Crippen molar-refractivity contribution in [3.05, 3.63) is 0 Å². The van der Waals surface area contributed by atoms with Gasteiger partial charge in [0, 0.05) is 6.42 Å². The second-order valence-corrected chi connectivity index (χ2v) is 2.91. The quantitative estimate of drug-likeness (QED) is 0.402. The summed E-state index contributed by atoms with van der Waals surface area (Å²) in [6.45, 7) is 0.944. The summed E-state index contributed by atoms with van der Waals surface area (Å²) in [6, 6.07) is 0. The van der Waals surface area contributed by atoms with E-state index in [-0.39, 0.29) is 0 Å². The van der Waals surface area contributed by atoms with E-state index in [0.717, 1.165) is 32.1 Å². The first kappa shape index (κ1) is 11.9. The lowest BCUT2D eigenvalue weighted by molar-refractivity contribution is -0.128. The Hall–Kier alpha value is -1.06. The molecule has 0 spiro atoms. The molecule has 0 bridgehead atoms. The Balaban J connectivity index is 2.91. The van der Waals surface area contributed by atoms with Crippen molar-refractivity contribution in [3.63, 3.8) is 0 Å². The number of hydrogen-bond donors (Lipinski definition) is 0. The van der Waals surface area contributed by atoms with Gasteiger partial charge in [0.15, 0.2) is 0 Å². The Morgan fingerprint density at radius 2 is 1.77 bits per heavy atom. The fraction of sp³-hybridized carbons (Fsp3) is 0.778. The lowest BCUT2D eigenvalue weighted by Gasteiger charge is -1.99. The summed E-state index contributed by atoms with van der Waals surface area (Å²) in [6.07, 6.45) is 5.08. The molecular weight excluding hydrogens is 170 g/mol. The molecule has 0 aromatic rings. The van der Waals surface area contributed by atoms with Gasteiger partial charge in [0.25, 0.3) is 6.47 Å². The van der Waals surface area contributed by atoms with Crippen molar-refractivity contribution in [2.45, 2.75) is 38.5 Å². The van der Waals surface area contributed by atoms with Crippen LogP contribution < -0.4 is 5.73 Å². The molecule has 0 saturated carbocycles. The van der Waals surface area contributed by atoms with E-state index >= 15 is 0 Å². The maximum Gasteiger partial charge on any atom is 0.293 e. The second-order valence-electron chi connectivity index (χ2n) is 2.91. The van der Waals surface area contributed by atoms with E-state index in [4.69, 9.17) is 5.73 Å². The summed E-state index contributed by atoms with van der Waals surface area (Å²) in [7, 11) is 0. The standard InChI is InChI=1S/C9H16NO3/c10-9(12)6-4-2-1-3-5-7-13-8-11/h8,10H,1-7H2. The van der Waals surface area contributed by atoms with Crippen molar-refractivity contribution >= 4 is 12.4 Å². The summed E-state index contributed by atoms with van der Waals surface area (Å²) in [4.78, 5) is 20.0. The highest BCUT2D eigenvalue weighted by Gasteiger charge is 1.95. The van der Waals surface area contributed by atoms with E-state index in [2.05, 4.69) is 4.74 Å². The maximum atomic E-state index is 10.2. The average Bonchev–Trinajstić information content (AvgIpc) is 2.09. The van der Waals surface area contributed by atoms with Crippen LogP contribution in [0.25, 0.3) is 0 Å². The number of amides is 1. The smallest absolute Gasteiger partial charge is 0.293 e. The fourth-order valence-corrected chi connectivity index (χ4v) is 1.05. The number of rotatable bonds is 9. The molecule has 0 heterocycles. The molecule has 0 aliphatic carbocycles. The molecular formula is C9H16NO3. The van der Waals surface area contributed by atoms with Crippen molar-refractivity contribution in [3.8, 4) is 0 Å². The monoisotopic (exact) mass is 186 g/mol. The largest absolute Gasteiger partial charge is 0.468 e. The van der Waals surface area contributed by atoms with Gasteiger partial charge in [-0.05, 0) is 12.8 Å². The van der Waals surface area contributed by atoms with Crippen LogP contribution in [-0.2, 0) is 14.3 Å². The topological polar surface area (TPSA) is 67.2 Å². The van der Waals surface area contributed by atoms with Crippen LogP contribution in [0.3, 0.4) is 0 Å². The first-order valence-electron chi connectivity index (χ1n) is 4.57. The molecule has 1 N–H and O–H groups in total. The fourth-order valence-electron chi connectivity index (χ4n) is 1.05. The number of hydrogen-bond acceptors (Lipinski definition) is 3. The Labute approximate surface area is 78.4 Å². The first-order chi connectivity index (χ1) is 6.27. The number of carbonyl (C=O) groups excluding carboxylic acids is 2. The molecule has 75 valence electrons. The lowest BCUT2D eigenvalue weighted by Crippen LogP contribution is -1.96. The maximum absolute atomic E-state index is 10.2. The van der Waals surface area contributed by atoms with Crippen LogP contribution in [-0.4, -0.2) is 19.0 Å². The molecule has 13 heavy (non-hydrogen) atoms. The first-order valence-corrected chi connectivity index (χ1v) is 4.57. The normalized spacial score (nSPS) is 9.54. The van der Waals surface area contributed by atoms with E-state index < -0.39 is 5.91 Å². The van der Waals surface area contributed by atoms with E-state index in [0.29, 0.717) is 19.5 Å². The number of nitrogens with one attached hydrogen (secondary N) is 1. The molecule has 0 aromatic carbocycles. The van der Waals surface area contributed by atoms with Gasteiger partial charge in [0.05, 0.1) is 6.61 Å². The summed E-state index contributed by atoms with van der Waals surface area (Å²) in [5.41, 5.74) is 6.65. The van der Waals surface area contributed by atoms with Crippen molar-refractivity contribution < 1.29 is 14.3 Å². The van der Waals surface area contributed by atoms with E-state index in [1.54, 1.807) is 0 Å². The third-order valence-corrected chi connectivity index (χ3v) is 1.73. The number of carbonyl (C=O) groups is 2. The molecule has 4 nitrogen and oxygen atoms in total. The summed E-state index contributed by atoms with van der Waals surface area (Å²) in [5.74, 6) is -0.482. The van der Waals surface area contributed by atoms with Crippen molar-refractivity contribution in [2.24, 2.45) is 0 Å². The number of ether oxygens (including phenoxy) is 1. The lowest BCUT2D eigenvalue weighted by atomic mass is 10.1. The molecule has 0 aliphatic heterocycles. The molecule has 0 rings (SSSR count). The van der Waals surface area contributed by atoms with Crippen LogP contribution in [0, 0.1) is 0 Å². The summed E-state index contributed by atoms with van der Waals surface area (Å²) in [5, 5.41) is 0. The van der Waals surface area contributed by atoms with Gasteiger partial charge in [-0.15, -0.1) is 0 Å². The van der Waals surface area contributed by atoms with Crippen LogP contribution in [0.4, 0.5) is 0 Å². The Morgan fingerprint density at radius 1 is 1.15 bits per heavy atom. The minimum Gasteiger partial charge on any atom is -0.468 e. The third-order valence-electron chi connectivity index (χ3n) is 1.73. The van der Waals surface area contributed by atoms with Gasteiger partial charge in [0.1, 0.15) is 0 Å². The van der Waals surface area contributed by atoms with Gasteiger partial charge >= 0.3 is 0 Å². The Morgan fingerprint density at radius 3 is 2.38 bits per heavy atom. The van der Waals surface area contributed by atoms with Crippen LogP contribution in [0.2, 0.25) is 0 Å². The van der Waals surface area contributed by atoms with Gasteiger partial charge in [0.2, 0.25) is 5.91 Å². The predicted octanol–water partition coefficient (Wildman–Crippen LogP) is 1.31. The SMILES string of the molecule is [NH]C(=O)CCCCCCCOC=O. The van der Waals surface area contributed by atoms with Gasteiger partial charge in [-0.25, -0.2) is 0 Å². The van der Waals surface area contributed by atoms with E-state index in [1.165, 1.54) is 0 Å². The predicted molar refractivity (Wildman–Crippen MR) is 47.8 cm³/mol. The Kier molecular flexibility index (Phi) is 8.30. The molecule has 0 aromatic heterocycles. The minimum absolute atomic E-state index is 0.366. The van der Waals surface area contributed by atoms with Crippen LogP contribution in [0.1, 0.15) is 38.5 Å². The molecule has 1 radical (unpaired) electrons. The van der Waals surface area contributed by atoms with Gasteiger partial charge in [-0.3, -0.25) is 15.3 Å². The van der Waals surface area contributed by atoms with Crippen molar-refractivity contribution in [1.82, 2.24) is 5.73 Å². The highest BCUT2D eigenvalue weighted by atomic mass is 16.5. The number of unbranched alkanes of at least 4 members (excludes halogenated alkanes) is 4. The van der Waals surface area contributed by atoms with Crippen LogP contribution in [0.15, 0.2) is 0 Å². The molecule has 1 amide bonds. The zero-order valence-electron chi connectivity index (χ0n) is 7.75. The summed E-state index contributed by atoms with van der Waals surface area (Å²) >= 11 is 0. The zero-order chi connectivity index (χ0) is 9.94. The summed E-state index contributed by atoms with van der Waals surface area (Å²) < 4.78 is 4.51. The van der Waals surface area contributed by atoms with Crippen LogP contribution >= 0.6 is 0 Å². The highest BCUT2D eigenvalue weighted by molar-refractivity contribution is 5.72. The van der Waals surface area contributed by atoms with Crippen molar-refractivity contribution in [2.75, 3.05) is 6.61 Å². The Bertz CT molecular complexity index is 148. The van der Waals surface area contributed by atoms with Crippen molar-refractivity contribution in [1.29, 1.82) is 0 Å². The molecule has 0 fully saturated rings. The van der Waals surface area contributed by atoms with Gasteiger partial charge in [-0.2, -0.15) is 0 Å². The van der Waals surface area contributed by atoms with E-state index in [9.17, 15) is 9.59 Å². The van der Waals surface area contributed by atoms with Gasteiger partial charge in [-0.1, -0.05) is 19.3 Å². The molecule has 4 heteroatoms. The van der Waals surface area contributed by atoms with Crippen LogP contribution in [0.5, 0.6) is 0 Å². The van der Waals surface area contributed by atoms with Gasteiger partial charge < -0.3 is 4.74 Å².